The van der Waals surface area contributed by atoms with Gasteiger partial charge in [0, 0.05) is 24.0 Å². The predicted octanol–water partition coefficient (Wildman–Crippen LogP) is 2.11. The molecular weight excluding hydrogens is 364 g/mol. The number of urea groups is 1. The van der Waals surface area contributed by atoms with E-state index in [1.165, 1.54) is 27.2 Å². The number of hydrogen-bond donors (Lipinski definition) is 2. The van der Waals surface area contributed by atoms with Crippen molar-refractivity contribution in [1.82, 2.24) is 15.1 Å². The first-order valence-corrected chi connectivity index (χ1v) is 9.98. The van der Waals surface area contributed by atoms with Crippen molar-refractivity contribution in [3.05, 3.63) is 28.5 Å². The second-order valence-electron chi connectivity index (χ2n) is 7.51. The molecule has 8 heteroatoms. The standard InChI is InChI=1S/C19H28N4O3S/c1-12(2)10-22(15(24)8-7-14-6-5-9-27-14)16-17(20)23(11-13(3)4)19(26)21-18(16)25/h5-9,12-13,16-17H,10-11,20H2,1-4H3,(H,21,25,26)/b8-7+. The molecule has 2 unspecified atom stereocenters. The minimum Gasteiger partial charge on any atom is -0.323 e. The lowest BCUT2D eigenvalue weighted by Gasteiger charge is -2.43. The maximum absolute atomic E-state index is 12.9. The number of amides is 4. The molecule has 0 radical (unpaired) electrons. The number of carbonyl (C=O) groups excluding carboxylic acids is 3. The van der Waals surface area contributed by atoms with E-state index in [9.17, 15) is 14.4 Å². The van der Waals surface area contributed by atoms with Gasteiger partial charge in [0.15, 0.2) is 0 Å². The molecule has 7 nitrogen and oxygen atoms in total. The Morgan fingerprint density at radius 2 is 2.04 bits per heavy atom. The van der Waals surface area contributed by atoms with Gasteiger partial charge < -0.3 is 15.5 Å². The second-order valence-corrected chi connectivity index (χ2v) is 8.49. The van der Waals surface area contributed by atoms with Crippen molar-refractivity contribution >= 4 is 35.3 Å². The van der Waals surface area contributed by atoms with Crippen LogP contribution in [-0.4, -0.2) is 52.9 Å². The van der Waals surface area contributed by atoms with Gasteiger partial charge in [0.2, 0.25) is 5.91 Å². The van der Waals surface area contributed by atoms with Gasteiger partial charge >= 0.3 is 6.03 Å². The van der Waals surface area contributed by atoms with Crippen LogP contribution in [0.2, 0.25) is 0 Å². The Morgan fingerprint density at radius 3 is 2.59 bits per heavy atom. The number of imide groups is 1. The van der Waals surface area contributed by atoms with Gasteiger partial charge in [-0.3, -0.25) is 14.9 Å². The molecule has 2 heterocycles. The van der Waals surface area contributed by atoms with Crippen molar-refractivity contribution in [2.45, 2.75) is 39.9 Å². The lowest BCUT2D eigenvalue weighted by Crippen LogP contribution is -2.71. The Bertz CT molecular complexity index is 700. The molecule has 2 atom stereocenters. The number of carbonyl (C=O) groups is 3. The van der Waals surface area contributed by atoms with Crippen LogP contribution in [0.4, 0.5) is 4.79 Å². The average molecular weight is 393 g/mol. The van der Waals surface area contributed by atoms with Crippen LogP contribution in [-0.2, 0) is 9.59 Å². The number of nitrogens with one attached hydrogen (secondary N) is 1. The summed E-state index contributed by atoms with van der Waals surface area (Å²) < 4.78 is 0. The lowest BCUT2D eigenvalue weighted by atomic mass is 10.0. The highest BCUT2D eigenvalue weighted by Crippen LogP contribution is 2.18. The van der Waals surface area contributed by atoms with E-state index >= 15 is 0 Å². The van der Waals surface area contributed by atoms with Crippen LogP contribution in [0.5, 0.6) is 0 Å². The molecule has 27 heavy (non-hydrogen) atoms. The molecule has 0 aromatic carbocycles. The Kier molecular flexibility index (Phi) is 7.15. The van der Waals surface area contributed by atoms with Gasteiger partial charge in [0.1, 0.15) is 12.2 Å². The molecule has 0 bridgehead atoms. The van der Waals surface area contributed by atoms with Gasteiger partial charge in [-0.1, -0.05) is 33.8 Å². The van der Waals surface area contributed by atoms with Gasteiger partial charge in [0.25, 0.3) is 5.91 Å². The summed E-state index contributed by atoms with van der Waals surface area (Å²) in [6.07, 6.45) is 2.30. The Balaban J connectivity index is 2.28. The smallest absolute Gasteiger partial charge is 0.323 e. The fourth-order valence-corrected chi connectivity index (χ4v) is 3.62. The summed E-state index contributed by atoms with van der Waals surface area (Å²) >= 11 is 1.52. The van der Waals surface area contributed by atoms with E-state index in [-0.39, 0.29) is 17.7 Å². The molecule has 1 aliphatic heterocycles. The monoisotopic (exact) mass is 392 g/mol. The third-order valence-electron chi connectivity index (χ3n) is 4.12. The third kappa shape index (κ3) is 5.40. The highest BCUT2D eigenvalue weighted by molar-refractivity contribution is 7.10. The molecule has 1 aliphatic rings. The van der Waals surface area contributed by atoms with Crippen LogP contribution in [0.3, 0.4) is 0 Å². The van der Waals surface area contributed by atoms with E-state index < -0.39 is 24.1 Å². The molecule has 1 aromatic rings. The highest BCUT2D eigenvalue weighted by atomic mass is 32.1. The van der Waals surface area contributed by atoms with Gasteiger partial charge in [-0.25, -0.2) is 4.79 Å². The fourth-order valence-electron chi connectivity index (χ4n) is 3.01. The lowest BCUT2D eigenvalue weighted by molar-refractivity contribution is -0.141. The molecule has 3 N–H and O–H groups in total. The Hall–Kier alpha value is -2.19. The van der Waals surface area contributed by atoms with Crippen molar-refractivity contribution in [3.63, 3.8) is 0 Å². The van der Waals surface area contributed by atoms with Gasteiger partial charge in [-0.15, -0.1) is 11.3 Å². The summed E-state index contributed by atoms with van der Waals surface area (Å²) in [5.74, 6) is -0.513. The zero-order valence-corrected chi connectivity index (χ0v) is 17.0. The Labute approximate surface area is 164 Å². The number of rotatable bonds is 7. The van der Waals surface area contributed by atoms with E-state index in [1.54, 1.807) is 6.08 Å². The van der Waals surface area contributed by atoms with Crippen LogP contribution in [0.25, 0.3) is 6.08 Å². The summed E-state index contributed by atoms with van der Waals surface area (Å²) in [5.41, 5.74) is 6.29. The van der Waals surface area contributed by atoms with Crippen molar-refractivity contribution in [2.24, 2.45) is 17.6 Å². The van der Waals surface area contributed by atoms with Crippen LogP contribution >= 0.6 is 11.3 Å². The first-order valence-electron chi connectivity index (χ1n) is 9.10. The molecule has 2 rings (SSSR count). The topological polar surface area (TPSA) is 95.7 Å². The summed E-state index contributed by atoms with van der Waals surface area (Å²) in [4.78, 5) is 41.5. The predicted molar refractivity (Wildman–Crippen MR) is 107 cm³/mol. The normalized spacial score (nSPS) is 20.6. The largest absolute Gasteiger partial charge is 0.325 e. The minimum absolute atomic E-state index is 0.139. The van der Waals surface area contributed by atoms with Crippen molar-refractivity contribution in [3.8, 4) is 0 Å². The molecular formula is C19H28N4O3S. The van der Waals surface area contributed by atoms with Crippen LogP contribution in [0.15, 0.2) is 23.6 Å². The minimum atomic E-state index is -0.927. The molecule has 148 valence electrons. The van der Waals surface area contributed by atoms with Gasteiger partial charge in [0.05, 0.1) is 0 Å². The Morgan fingerprint density at radius 1 is 1.33 bits per heavy atom. The van der Waals surface area contributed by atoms with Crippen LogP contribution in [0.1, 0.15) is 32.6 Å². The zero-order valence-electron chi connectivity index (χ0n) is 16.2. The summed E-state index contributed by atoms with van der Waals surface area (Å²) in [7, 11) is 0. The van der Waals surface area contributed by atoms with Gasteiger partial charge in [-0.2, -0.15) is 0 Å². The van der Waals surface area contributed by atoms with Gasteiger partial charge in [-0.05, 0) is 29.4 Å². The van der Waals surface area contributed by atoms with Crippen molar-refractivity contribution in [1.29, 1.82) is 0 Å². The van der Waals surface area contributed by atoms with E-state index in [0.717, 1.165) is 4.88 Å². The SMILES string of the molecule is CC(C)CN1C(=O)NC(=O)C(N(CC(C)C)C(=O)/C=C/c2cccs2)C1N. The van der Waals surface area contributed by atoms with Crippen molar-refractivity contribution < 1.29 is 14.4 Å². The first-order chi connectivity index (χ1) is 12.7. The summed E-state index contributed by atoms with van der Waals surface area (Å²) in [6, 6.07) is 2.37. The maximum Gasteiger partial charge on any atom is 0.325 e. The quantitative estimate of drug-likeness (QED) is 0.695. The van der Waals surface area contributed by atoms with E-state index in [4.69, 9.17) is 5.73 Å². The molecule has 1 saturated heterocycles. The summed E-state index contributed by atoms with van der Waals surface area (Å²) in [6.45, 7) is 8.63. The maximum atomic E-state index is 12.9. The highest BCUT2D eigenvalue weighted by Gasteiger charge is 2.44. The first kappa shape index (κ1) is 21.1. The third-order valence-corrected chi connectivity index (χ3v) is 4.96. The summed E-state index contributed by atoms with van der Waals surface area (Å²) in [5, 5.41) is 4.27. The van der Waals surface area contributed by atoms with Crippen LogP contribution in [0, 0.1) is 11.8 Å². The second kappa shape index (κ2) is 9.14. The molecule has 0 aliphatic carbocycles. The molecule has 1 aromatic heterocycles. The van der Waals surface area contributed by atoms with E-state index in [2.05, 4.69) is 5.32 Å². The molecule has 0 saturated carbocycles. The number of hydrogen-bond acceptors (Lipinski definition) is 5. The fraction of sp³-hybridized carbons (Fsp3) is 0.526. The molecule has 1 fully saturated rings. The number of thiophene rings is 1. The number of nitrogens with zero attached hydrogens (tertiary/aromatic N) is 2. The van der Waals surface area contributed by atoms with Crippen molar-refractivity contribution in [2.75, 3.05) is 13.1 Å². The van der Waals surface area contributed by atoms with Crippen LogP contribution < -0.4 is 11.1 Å². The average Bonchev–Trinajstić information content (AvgIpc) is 3.08. The number of nitrogens with two attached hydrogens (primary N) is 1. The molecule has 0 spiro atoms. The zero-order chi connectivity index (χ0) is 20.1. The van der Waals surface area contributed by atoms with E-state index in [1.807, 2.05) is 45.2 Å². The van der Waals surface area contributed by atoms with E-state index in [0.29, 0.717) is 13.1 Å². The molecule has 4 amide bonds.